The van der Waals surface area contributed by atoms with Crippen molar-refractivity contribution in [1.82, 2.24) is 0 Å². The molecule has 0 bridgehead atoms. The van der Waals surface area contributed by atoms with Crippen LogP contribution in [0.3, 0.4) is 0 Å². The van der Waals surface area contributed by atoms with E-state index in [4.69, 9.17) is 4.74 Å². The van der Waals surface area contributed by atoms with Crippen molar-refractivity contribution in [3.63, 3.8) is 0 Å². The summed E-state index contributed by atoms with van der Waals surface area (Å²) in [5.74, 6) is -0.0254. The largest absolute Gasteiger partial charge is 0.494 e. The van der Waals surface area contributed by atoms with Crippen molar-refractivity contribution >= 4 is 40.3 Å². The lowest BCUT2D eigenvalue weighted by Crippen LogP contribution is -2.14. The van der Waals surface area contributed by atoms with Crippen molar-refractivity contribution in [2.75, 3.05) is 17.2 Å². The molecule has 4 rings (SSSR count). The van der Waals surface area contributed by atoms with Crippen LogP contribution in [0.4, 0.5) is 22.7 Å². The predicted octanol–water partition coefficient (Wildman–Crippen LogP) is 4.32. The number of amides is 2. The first-order valence-electron chi connectivity index (χ1n) is 9.77. The molecule has 9 nitrogen and oxygen atoms in total. The van der Waals surface area contributed by atoms with Crippen LogP contribution < -0.4 is 15.4 Å². The third kappa shape index (κ3) is 4.31. The number of carbonyl (C=O) groups is 2. The van der Waals surface area contributed by atoms with E-state index in [9.17, 15) is 19.7 Å². The first-order valence-corrected chi connectivity index (χ1v) is 9.77. The summed E-state index contributed by atoms with van der Waals surface area (Å²) in [5.41, 5.74) is 2.25. The van der Waals surface area contributed by atoms with Gasteiger partial charge in [-0.1, -0.05) is 0 Å². The Kier molecular flexibility index (Phi) is 5.63. The molecule has 0 radical (unpaired) electrons. The highest BCUT2D eigenvalue weighted by Crippen LogP contribution is 2.29. The number of ether oxygens (including phenoxy) is 1. The summed E-state index contributed by atoms with van der Waals surface area (Å²) < 4.78 is 5.38. The predicted molar refractivity (Wildman–Crippen MR) is 120 cm³/mol. The maximum atomic E-state index is 12.5. The zero-order valence-electron chi connectivity index (χ0n) is 17.0. The van der Waals surface area contributed by atoms with Crippen LogP contribution in [0.25, 0.3) is 0 Å². The van der Waals surface area contributed by atoms with Gasteiger partial charge in [-0.25, -0.2) is 4.99 Å². The van der Waals surface area contributed by atoms with Gasteiger partial charge in [0.2, 0.25) is 0 Å². The summed E-state index contributed by atoms with van der Waals surface area (Å²) in [6.45, 7) is 2.46. The van der Waals surface area contributed by atoms with Crippen molar-refractivity contribution < 1.29 is 19.2 Å². The number of nitro benzene ring substituents is 1. The number of aliphatic imine (C=N–C) groups is 1. The first-order chi connectivity index (χ1) is 15.4. The topological polar surface area (TPSA) is 123 Å². The Hall–Kier alpha value is -4.53. The molecule has 1 aliphatic rings. The quantitative estimate of drug-likeness (QED) is 0.445. The average Bonchev–Trinajstić information content (AvgIpc) is 3.10. The van der Waals surface area contributed by atoms with Gasteiger partial charge in [0.15, 0.2) is 0 Å². The highest BCUT2D eigenvalue weighted by molar-refractivity contribution is 6.54. The lowest BCUT2D eigenvalue weighted by atomic mass is 10.1. The summed E-state index contributed by atoms with van der Waals surface area (Å²) >= 11 is 0. The molecule has 3 aromatic rings. The zero-order chi connectivity index (χ0) is 22.7. The van der Waals surface area contributed by atoms with Crippen LogP contribution in [0.5, 0.6) is 5.75 Å². The highest BCUT2D eigenvalue weighted by Gasteiger charge is 2.28. The van der Waals surface area contributed by atoms with Crippen LogP contribution in [0.15, 0.2) is 71.7 Å². The lowest BCUT2D eigenvalue weighted by molar-refractivity contribution is -0.384. The molecule has 160 valence electrons. The molecular weight excluding hydrogens is 412 g/mol. The van der Waals surface area contributed by atoms with E-state index in [2.05, 4.69) is 15.6 Å². The number of anilines is 2. The molecule has 9 heteroatoms. The molecular formula is C23H18N4O5. The molecule has 32 heavy (non-hydrogen) atoms. The summed E-state index contributed by atoms with van der Waals surface area (Å²) in [5, 5.41) is 16.5. The van der Waals surface area contributed by atoms with Gasteiger partial charge in [-0.05, 0) is 61.5 Å². The average molecular weight is 430 g/mol. The molecule has 1 heterocycles. The van der Waals surface area contributed by atoms with Gasteiger partial charge in [0, 0.05) is 28.9 Å². The Balaban J connectivity index is 1.51. The summed E-state index contributed by atoms with van der Waals surface area (Å²) in [6, 6.07) is 17.5. The standard InChI is InChI=1S/C23H18N4O5/c1-2-32-18-10-7-16(8-11-18)25-22(28)14-3-5-15(6-4-14)24-21-19-13-17(27(30)31)9-12-20(19)26-23(21)29/h3-13H,2H2,1H3,(H,25,28)(H,24,26,29). The fourth-order valence-corrected chi connectivity index (χ4v) is 3.19. The van der Waals surface area contributed by atoms with Gasteiger partial charge in [0.25, 0.3) is 17.5 Å². The van der Waals surface area contributed by atoms with Crippen molar-refractivity contribution in [2.24, 2.45) is 4.99 Å². The smallest absolute Gasteiger partial charge is 0.275 e. The van der Waals surface area contributed by atoms with Gasteiger partial charge in [-0.3, -0.25) is 19.7 Å². The molecule has 0 spiro atoms. The number of hydrogen-bond donors (Lipinski definition) is 2. The monoisotopic (exact) mass is 430 g/mol. The summed E-state index contributed by atoms with van der Waals surface area (Å²) in [4.78, 5) is 39.6. The van der Waals surface area contributed by atoms with Crippen LogP contribution in [0.2, 0.25) is 0 Å². The van der Waals surface area contributed by atoms with Gasteiger partial charge in [-0.2, -0.15) is 0 Å². The molecule has 0 unspecified atom stereocenters. The van der Waals surface area contributed by atoms with Crippen molar-refractivity contribution in [2.45, 2.75) is 6.92 Å². The Morgan fingerprint density at radius 2 is 1.81 bits per heavy atom. The summed E-state index contributed by atoms with van der Waals surface area (Å²) in [6.07, 6.45) is 0. The van der Waals surface area contributed by atoms with Crippen LogP contribution in [-0.2, 0) is 4.79 Å². The second-order valence-electron chi connectivity index (χ2n) is 6.86. The minimum Gasteiger partial charge on any atom is -0.494 e. The number of nitrogens with one attached hydrogen (secondary N) is 2. The van der Waals surface area contributed by atoms with E-state index in [1.807, 2.05) is 6.92 Å². The minimum atomic E-state index is -0.529. The van der Waals surface area contributed by atoms with Crippen molar-refractivity contribution in [1.29, 1.82) is 0 Å². The number of carbonyl (C=O) groups excluding carboxylic acids is 2. The van der Waals surface area contributed by atoms with E-state index in [1.165, 1.54) is 18.2 Å². The van der Waals surface area contributed by atoms with Crippen LogP contribution in [0, 0.1) is 10.1 Å². The molecule has 3 aromatic carbocycles. The van der Waals surface area contributed by atoms with Crippen molar-refractivity contribution in [3.8, 4) is 5.75 Å². The van der Waals surface area contributed by atoms with Gasteiger partial charge >= 0.3 is 0 Å². The maximum absolute atomic E-state index is 12.5. The van der Waals surface area contributed by atoms with Gasteiger partial charge in [0.1, 0.15) is 11.5 Å². The van der Waals surface area contributed by atoms with Crippen LogP contribution >= 0.6 is 0 Å². The molecule has 0 saturated carbocycles. The van der Waals surface area contributed by atoms with E-state index in [0.717, 1.165) is 5.75 Å². The van der Waals surface area contributed by atoms with Crippen molar-refractivity contribution in [3.05, 3.63) is 88.0 Å². The lowest BCUT2D eigenvalue weighted by Gasteiger charge is -2.07. The molecule has 0 fully saturated rings. The zero-order valence-corrected chi connectivity index (χ0v) is 17.0. The fraction of sp³-hybridized carbons (Fsp3) is 0.0870. The number of nitrogens with zero attached hydrogens (tertiary/aromatic N) is 2. The molecule has 2 N–H and O–H groups in total. The number of fused-ring (bicyclic) bond motifs is 1. The molecule has 0 aliphatic carbocycles. The Bertz CT molecular complexity index is 1230. The van der Waals surface area contributed by atoms with E-state index < -0.39 is 10.8 Å². The number of benzene rings is 3. The molecule has 1 aliphatic heterocycles. The molecule has 0 saturated heterocycles. The van der Waals surface area contributed by atoms with Crippen LogP contribution in [0.1, 0.15) is 22.8 Å². The first kappa shape index (κ1) is 20.7. The number of non-ortho nitro benzene ring substituents is 1. The van der Waals surface area contributed by atoms with Crippen LogP contribution in [-0.4, -0.2) is 29.1 Å². The maximum Gasteiger partial charge on any atom is 0.275 e. The fourth-order valence-electron chi connectivity index (χ4n) is 3.19. The van der Waals surface area contributed by atoms with E-state index in [-0.39, 0.29) is 17.3 Å². The molecule has 0 aromatic heterocycles. The SMILES string of the molecule is CCOc1ccc(NC(=O)c2ccc(N=C3C(=O)Nc4ccc([N+](=O)[O-])cc43)cc2)cc1. The van der Waals surface area contributed by atoms with E-state index in [1.54, 1.807) is 48.5 Å². The second-order valence-corrected chi connectivity index (χ2v) is 6.86. The minimum absolute atomic E-state index is 0.0790. The number of hydrogen-bond acceptors (Lipinski definition) is 6. The number of rotatable bonds is 6. The van der Waals surface area contributed by atoms with E-state index in [0.29, 0.717) is 34.8 Å². The van der Waals surface area contributed by atoms with Gasteiger partial charge in [-0.15, -0.1) is 0 Å². The Morgan fingerprint density at radius 3 is 2.47 bits per heavy atom. The van der Waals surface area contributed by atoms with E-state index >= 15 is 0 Å². The third-order valence-electron chi connectivity index (χ3n) is 4.73. The van der Waals surface area contributed by atoms with Gasteiger partial charge < -0.3 is 15.4 Å². The highest BCUT2D eigenvalue weighted by atomic mass is 16.6. The molecule has 0 atom stereocenters. The second kappa shape index (κ2) is 8.68. The third-order valence-corrected chi connectivity index (χ3v) is 4.73. The molecule has 2 amide bonds. The summed E-state index contributed by atoms with van der Waals surface area (Å²) in [7, 11) is 0. The normalized spacial score (nSPS) is 13.4. The Labute approximate surface area is 182 Å². The Morgan fingerprint density at radius 1 is 1.09 bits per heavy atom. The van der Waals surface area contributed by atoms with Gasteiger partial charge in [0.05, 0.1) is 22.9 Å². The number of nitro groups is 1.